The van der Waals surface area contributed by atoms with E-state index in [1.54, 1.807) is 37.6 Å². The monoisotopic (exact) mass is 398 g/mol. The van der Waals surface area contributed by atoms with Crippen LogP contribution in [0.4, 0.5) is 16.0 Å². The lowest BCUT2D eigenvalue weighted by atomic mass is 10.1. The molecule has 0 bridgehead atoms. The molecule has 9 heteroatoms. The predicted octanol–water partition coefficient (Wildman–Crippen LogP) is 3.37. The molecule has 0 aliphatic carbocycles. The molecule has 0 fully saturated rings. The third-order valence-corrected chi connectivity index (χ3v) is 4.37. The first-order valence-electron chi connectivity index (χ1n) is 9.29. The molecule has 0 saturated carbocycles. The third kappa shape index (κ3) is 4.50. The first-order valence-corrected chi connectivity index (χ1v) is 9.29. The SMILES string of the molecule is CCOc1ccc(-c2nc(Nc3cnn(C(CC)C(N)=O)c3)ncc2C)cc1F. The fourth-order valence-corrected chi connectivity index (χ4v) is 2.94. The molecule has 1 atom stereocenters. The van der Waals surface area contributed by atoms with Gasteiger partial charge in [-0.1, -0.05) is 6.92 Å². The topological polar surface area (TPSA) is 108 Å². The number of aromatic nitrogens is 4. The Kier molecular flexibility index (Phi) is 6.06. The maximum Gasteiger partial charge on any atom is 0.242 e. The highest BCUT2D eigenvalue weighted by atomic mass is 19.1. The van der Waals surface area contributed by atoms with Crippen LogP contribution in [0.2, 0.25) is 0 Å². The number of halogens is 1. The average Bonchev–Trinajstić information content (AvgIpc) is 3.13. The second-order valence-corrected chi connectivity index (χ2v) is 6.46. The van der Waals surface area contributed by atoms with Crippen LogP contribution in [0.3, 0.4) is 0 Å². The van der Waals surface area contributed by atoms with Crippen molar-refractivity contribution in [2.45, 2.75) is 33.2 Å². The van der Waals surface area contributed by atoms with Crippen molar-refractivity contribution in [3.63, 3.8) is 0 Å². The van der Waals surface area contributed by atoms with E-state index in [2.05, 4.69) is 20.4 Å². The van der Waals surface area contributed by atoms with E-state index in [0.717, 1.165) is 5.56 Å². The zero-order valence-corrected chi connectivity index (χ0v) is 16.5. The summed E-state index contributed by atoms with van der Waals surface area (Å²) in [7, 11) is 0. The highest BCUT2D eigenvalue weighted by molar-refractivity contribution is 5.78. The number of nitrogens with zero attached hydrogens (tertiary/aromatic N) is 4. The normalized spacial score (nSPS) is 11.9. The van der Waals surface area contributed by atoms with E-state index >= 15 is 0 Å². The summed E-state index contributed by atoms with van der Waals surface area (Å²) >= 11 is 0. The Hall–Kier alpha value is -3.49. The van der Waals surface area contributed by atoms with Gasteiger partial charge in [-0.15, -0.1) is 0 Å². The molecule has 29 heavy (non-hydrogen) atoms. The van der Waals surface area contributed by atoms with Crippen molar-refractivity contribution in [3.05, 3.63) is 48.2 Å². The van der Waals surface area contributed by atoms with Crippen LogP contribution in [0.1, 0.15) is 31.9 Å². The molecule has 2 heterocycles. The first kappa shape index (κ1) is 20.2. The number of carbonyl (C=O) groups excluding carboxylic acids is 1. The minimum Gasteiger partial charge on any atom is -0.491 e. The lowest BCUT2D eigenvalue weighted by Gasteiger charge is -2.11. The van der Waals surface area contributed by atoms with Gasteiger partial charge in [0.1, 0.15) is 6.04 Å². The maximum absolute atomic E-state index is 14.2. The van der Waals surface area contributed by atoms with E-state index in [4.69, 9.17) is 10.5 Å². The average molecular weight is 398 g/mol. The summed E-state index contributed by atoms with van der Waals surface area (Å²) in [5, 5.41) is 7.23. The van der Waals surface area contributed by atoms with Crippen molar-refractivity contribution in [1.29, 1.82) is 0 Å². The van der Waals surface area contributed by atoms with Gasteiger partial charge in [0.25, 0.3) is 0 Å². The van der Waals surface area contributed by atoms with Crippen LogP contribution in [0.25, 0.3) is 11.3 Å². The number of nitrogens with one attached hydrogen (secondary N) is 1. The van der Waals surface area contributed by atoms with Crippen molar-refractivity contribution in [3.8, 4) is 17.0 Å². The minimum absolute atomic E-state index is 0.202. The van der Waals surface area contributed by atoms with Gasteiger partial charge in [-0.05, 0) is 44.0 Å². The number of benzene rings is 1. The number of aryl methyl sites for hydroxylation is 1. The molecule has 0 spiro atoms. The second-order valence-electron chi connectivity index (χ2n) is 6.46. The molecule has 0 saturated heterocycles. The largest absolute Gasteiger partial charge is 0.491 e. The van der Waals surface area contributed by atoms with E-state index in [1.807, 2.05) is 13.8 Å². The number of carbonyl (C=O) groups is 1. The number of amides is 1. The molecule has 152 valence electrons. The van der Waals surface area contributed by atoms with Crippen molar-refractivity contribution in [2.75, 3.05) is 11.9 Å². The second kappa shape index (κ2) is 8.68. The van der Waals surface area contributed by atoms with E-state index in [9.17, 15) is 9.18 Å². The van der Waals surface area contributed by atoms with Gasteiger partial charge < -0.3 is 15.8 Å². The zero-order valence-electron chi connectivity index (χ0n) is 16.5. The van der Waals surface area contributed by atoms with Crippen LogP contribution >= 0.6 is 0 Å². The lowest BCUT2D eigenvalue weighted by molar-refractivity contribution is -0.121. The molecule has 0 aliphatic rings. The molecule has 3 N–H and O–H groups in total. The van der Waals surface area contributed by atoms with Gasteiger partial charge in [0.05, 0.1) is 24.2 Å². The van der Waals surface area contributed by atoms with Gasteiger partial charge in [0.2, 0.25) is 11.9 Å². The highest BCUT2D eigenvalue weighted by Gasteiger charge is 2.17. The number of hydrogen-bond donors (Lipinski definition) is 2. The fraction of sp³-hybridized carbons (Fsp3) is 0.300. The Balaban J connectivity index is 1.86. The van der Waals surface area contributed by atoms with Gasteiger partial charge in [0, 0.05) is 18.0 Å². The smallest absolute Gasteiger partial charge is 0.242 e. The molecule has 1 aromatic carbocycles. The summed E-state index contributed by atoms with van der Waals surface area (Å²) in [6, 6.07) is 4.21. The lowest BCUT2D eigenvalue weighted by Crippen LogP contribution is -2.26. The first-order chi connectivity index (χ1) is 13.9. The van der Waals surface area contributed by atoms with Crippen molar-refractivity contribution in [2.24, 2.45) is 5.73 Å². The minimum atomic E-state index is -0.521. The summed E-state index contributed by atoms with van der Waals surface area (Å²) in [5.41, 5.74) is 8.02. The summed E-state index contributed by atoms with van der Waals surface area (Å²) in [4.78, 5) is 20.3. The number of primary amides is 1. The summed E-state index contributed by atoms with van der Waals surface area (Å²) < 4.78 is 21.0. The number of anilines is 2. The number of hydrogen-bond acceptors (Lipinski definition) is 6. The number of ether oxygens (including phenoxy) is 1. The standard InChI is InChI=1S/C20H23FN6O2/c1-4-16(19(22)28)27-11-14(10-24-27)25-20-23-9-12(3)18(26-20)13-6-7-17(29-5-2)15(21)8-13/h6-11,16H,4-5H2,1-3H3,(H2,22,28)(H,23,25,26). The van der Waals surface area contributed by atoms with Crippen LogP contribution in [0.15, 0.2) is 36.8 Å². The van der Waals surface area contributed by atoms with Crippen LogP contribution in [-0.2, 0) is 4.79 Å². The van der Waals surface area contributed by atoms with Crippen LogP contribution in [0.5, 0.6) is 5.75 Å². The molecular weight excluding hydrogens is 375 g/mol. The Morgan fingerprint density at radius 3 is 2.79 bits per heavy atom. The van der Waals surface area contributed by atoms with Crippen LogP contribution < -0.4 is 15.8 Å². The molecule has 3 aromatic rings. The summed E-state index contributed by atoms with van der Waals surface area (Å²) in [5.74, 6) is -0.371. The van der Waals surface area contributed by atoms with Gasteiger partial charge in [-0.3, -0.25) is 9.48 Å². The zero-order chi connectivity index (χ0) is 21.0. The van der Waals surface area contributed by atoms with Crippen molar-refractivity contribution >= 4 is 17.5 Å². The Morgan fingerprint density at radius 2 is 2.14 bits per heavy atom. The number of nitrogens with two attached hydrogens (primary N) is 1. The predicted molar refractivity (Wildman–Crippen MR) is 107 cm³/mol. The molecule has 1 unspecified atom stereocenters. The van der Waals surface area contributed by atoms with E-state index in [1.165, 1.54) is 10.7 Å². The molecule has 2 aromatic heterocycles. The van der Waals surface area contributed by atoms with Gasteiger partial charge >= 0.3 is 0 Å². The fourth-order valence-electron chi connectivity index (χ4n) is 2.94. The third-order valence-electron chi connectivity index (χ3n) is 4.37. The molecular formula is C20H23FN6O2. The highest BCUT2D eigenvalue weighted by Crippen LogP contribution is 2.27. The van der Waals surface area contributed by atoms with E-state index < -0.39 is 17.8 Å². The van der Waals surface area contributed by atoms with Crippen LogP contribution in [0, 0.1) is 12.7 Å². The Morgan fingerprint density at radius 1 is 1.34 bits per heavy atom. The Labute approximate surface area is 167 Å². The molecule has 0 radical (unpaired) electrons. The van der Waals surface area contributed by atoms with Crippen molar-refractivity contribution in [1.82, 2.24) is 19.7 Å². The summed E-state index contributed by atoms with van der Waals surface area (Å²) in [6.07, 6.45) is 5.41. The summed E-state index contributed by atoms with van der Waals surface area (Å²) in [6.45, 7) is 5.90. The molecule has 0 aliphatic heterocycles. The maximum atomic E-state index is 14.2. The quantitative estimate of drug-likeness (QED) is 0.602. The van der Waals surface area contributed by atoms with E-state index in [0.29, 0.717) is 35.9 Å². The Bertz CT molecular complexity index is 1020. The molecule has 1 amide bonds. The van der Waals surface area contributed by atoms with Crippen molar-refractivity contribution < 1.29 is 13.9 Å². The molecule has 3 rings (SSSR count). The van der Waals surface area contributed by atoms with Gasteiger partial charge in [0.15, 0.2) is 11.6 Å². The number of rotatable bonds is 8. The van der Waals surface area contributed by atoms with E-state index in [-0.39, 0.29) is 5.75 Å². The van der Waals surface area contributed by atoms with Crippen LogP contribution in [-0.4, -0.2) is 32.3 Å². The molecule has 8 nitrogen and oxygen atoms in total. The van der Waals surface area contributed by atoms with Gasteiger partial charge in [-0.2, -0.15) is 5.10 Å². The van der Waals surface area contributed by atoms with Gasteiger partial charge in [-0.25, -0.2) is 14.4 Å².